The SMILES string of the molecule is Clc1ccccc1.N#Cc1ccccc1-c1[nH]ncc1C(=O)NCCC(N)=O. The molecule has 3 aromatic rings. The molecule has 0 aliphatic rings. The number of benzene rings is 2. The lowest BCUT2D eigenvalue weighted by Crippen LogP contribution is -2.28. The van der Waals surface area contributed by atoms with Crippen molar-refractivity contribution in [2.75, 3.05) is 6.54 Å². The first-order valence-corrected chi connectivity index (χ1v) is 8.70. The summed E-state index contributed by atoms with van der Waals surface area (Å²) < 4.78 is 0. The van der Waals surface area contributed by atoms with Crippen LogP contribution in [-0.2, 0) is 4.79 Å². The fourth-order valence-electron chi connectivity index (χ4n) is 2.27. The average molecular weight is 396 g/mol. The number of amides is 2. The fraction of sp³-hybridized carbons (Fsp3) is 0.100. The number of nitrogens with two attached hydrogens (primary N) is 1. The number of carbonyl (C=O) groups is 2. The van der Waals surface area contributed by atoms with Gasteiger partial charge in [-0.15, -0.1) is 0 Å². The van der Waals surface area contributed by atoms with Crippen molar-refractivity contribution in [3.05, 3.63) is 76.9 Å². The maximum absolute atomic E-state index is 12.1. The summed E-state index contributed by atoms with van der Waals surface area (Å²) in [6.45, 7) is 0.151. The van der Waals surface area contributed by atoms with E-state index in [9.17, 15) is 9.59 Å². The normalized spacial score (nSPS) is 9.57. The minimum atomic E-state index is -0.488. The minimum absolute atomic E-state index is 0.0632. The van der Waals surface area contributed by atoms with Gasteiger partial charge in [0.2, 0.25) is 5.91 Å². The summed E-state index contributed by atoms with van der Waals surface area (Å²) in [5.41, 5.74) is 6.81. The Morgan fingerprint density at radius 3 is 2.43 bits per heavy atom. The van der Waals surface area contributed by atoms with Crippen molar-refractivity contribution >= 4 is 23.4 Å². The van der Waals surface area contributed by atoms with Crippen molar-refractivity contribution in [3.63, 3.8) is 0 Å². The molecule has 0 atom stereocenters. The number of hydrogen-bond acceptors (Lipinski definition) is 4. The van der Waals surface area contributed by atoms with Crippen LogP contribution in [0.15, 0.2) is 60.8 Å². The summed E-state index contributed by atoms with van der Waals surface area (Å²) in [6.07, 6.45) is 1.44. The highest BCUT2D eigenvalue weighted by molar-refractivity contribution is 6.30. The Bertz CT molecular complexity index is 980. The summed E-state index contributed by atoms with van der Waals surface area (Å²) in [5.74, 6) is -0.870. The van der Waals surface area contributed by atoms with Crippen LogP contribution in [0.4, 0.5) is 0 Å². The zero-order valence-corrected chi connectivity index (χ0v) is 15.6. The molecule has 0 bridgehead atoms. The van der Waals surface area contributed by atoms with Crippen molar-refractivity contribution in [2.45, 2.75) is 6.42 Å². The Balaban J connectivity index is 0.000000336. The quantitative estimate of drug-likeness (QED) is 0.614. The lowest BCUT2D eigenvalue weighted by atomic mass is 10.0. The molecule has 1 aromatic heterocycles. The van der Waals surface area contributed by atoms with Gasteiger partial charge in [-0.25, -0.2) is 0 Å². The Kier molecular flexibility index (Phi) is 7.76. The number of nitrogens with one attached hydrogen (secondary N) is 2. The number of hydrogen-bond donors (Lipinski definition) is 3. The highest BCUT2D eigenvalue weighted by Gasteiger charge is 2.17. The number of rotatable bonds is 5. The number of primary amides is 1. The Morgan fingerprint density at radius 1 is 1.14 bits per heavy atom. The molecule has 142 valence electrons. The van der Waals surface area contributed by atoms with Crippen molar-refractivity contribution in [1.82, 2.24) is 15.5 Å². The van der Waals surface area contributed by atoms with Gasteiger partial charge in [0.05, 0.1) is 29.1 Å². The number of nitriles is 1. The predicted octanol–water partition coefficient (Wildman–Crippen LogP) is 2.89. The molecule has 0 radical (unpaired) electrons. The van der Waals surface area contributed by atoms with Gasteiger partial charge in [-0.1, -0.05) is 48.0 Å². The summed E-state index contributed by atoms with van der Waals surface area (Å²) in [5, 5.41) is 19.1. The maximum atomic E-state index is 12.1. The molecule has 0 aliphatic heterocycles. The highest BCUT2D eigenvalue weighted by atomic mass is 35.5. The largest absolute Gasteiger partial charge is 0.370 e. The summed E-state index contributed by atoms with van der Waals surface area (Å²) >= 11 is 5.54. The Hall–Kier alpha value is -3.63. The van der Waals surface area contributed by atoms with E-state index in [1.165, 1.54) is 6.20 Å². The van der Waals surface area contributed by atoms with Crippen LogP contribution in [0.2, 0.25) is 5.02 Å². The second-order valence-corrected chi connectivity index (χ2v) is 6.02. The summed E-state index contributed by atoms with van der Waals surface area (Å²) in [4.78, 5) is 22.7. The summed E-state index contributed by atoms with van der Waals surface area (Å²) in [6, 6.07) is 18.4. The van der Waals surface area contributed by atoms with Crippen molar-refractivity contribution < 1.29 is 9.59 Å². The first kappa shape index (κ1) is 20.7. The number of carbonyl (C=O) groups excluding carboxylic acids is 2. The third-order valence-electron chi connectivity index (χ3n) is 3.59. The second kappa shape index (κ2) is 10.5. The molecule has 0 saturated heterocycles. The molecular formula is C20H18ClN5O2. The highest BCUT2D eigenvalue weighted by Crippen LogP contribution is 2.24. The predicted molar refractivity (Wildman–Crippen MR) is 106 cm³/mol. The van der Waals surface area contributed by atoms with Gasteiger partial charge in [0.15, 0.2) is 0 Å². The topological polar surface area (TPSA) is 125 Å². The van der Waals surface area contributed by atoms with Crippen LogP contribution in [-0.4, -0.2) is 28.6 Å². The molecule has 0 saturated carbocycles. The van der Waals surface area contributed by atoms with E-state index in [1.54, 1.807) is 24.3 Å². The molecular weight excluding hydrogens is 378 g/mol. The number of nitrogens with zero attached hydrogens (tertiary/aromatic N) is 2. The monoisotopic (exact) mass is 395 g/mol. The van der Waals surface area contributed by atoms with E-state index >= 15 is 0 Å². The number of aromatic amines is 1. The molecule has 2 amide bonds. The van der Waals surface area contributed by atoms with Crippen LogP contribution in [0.1, 0.15) is 22.3 Å². The van der Waals surface area contributed by atoms with E-state index < -0.39 is 5.91 Å². The van der Waals surface area contributed by atoms with Crippen LogP contribution in [0.25, 0.3) is 11.3 Å². The molecule has 4 N–H and O–H groups in total. The van der Waals surface area contributed by atoms with Crippen LogP contribution >= 0.6 is 11.6 Å². The molecule has 0 aliphatic carbocycles. The number of H-pyrrole nitrogens is 1. The van der Waals surface area contributed by atoms with Gasteiger partial charge in [0, 0.05) is 23.6 Å². The zero-order chi connectivity index (χ0) is 20.4. The smallest absolute Gasteiger partial charge is 0.255 e. The van der Waals surface area contributed by atoms with E-state index in [4.69, 9.17) is 22.6 Å². The van der Waals surface area contributed by atoms with E-state index in [2.05, 4.69) is 21.6 Å². The lowest BCUT2D eigenvalue weighted by Gasteiger charge is -2.06. The van der Waals surface area contributed by atoms with Gasteiger partial charge in [-0.05, 0) is 18.2 Å². The second-order valence-electron chi connectivity index (χ2n) is 5.58. The van der Waals surface area contributed by atoms with Gasteiger partial charge in [0.1, 0.15) is 0 Å². The van der Waals surface area contributed by atoms with Gasteiger partial charge in [-0.2, -0.15) is 10.4 Å². The van der Waals surface area contributed by atoms with Crippen molar-refractivity contribution in [1.29, 1.82) is 5.26 Å². The van der Waals surface area contributed by atoms with Gasteiger partial charge < -0.3 is 11.1 Å². The molecule has 2 aromatic carbocycles. The molecule has 8 heteroatoms. The van der Waals surface area contributed by atoms with Crippen LogP contribution in [0.5, 0.6) is 0 Å². The maximum Gasteiger partial charge on any atom is 0.255 e. The first-order valence-electron chi connectivity index (χ1n) is 8.33. The molecule has 0 spiro atoms. The van der Waals surface area contributed by atoms with Gasteiger partial charge in [-0.3, -0.25) is 14.7 Å². The molecule has 1 heterocycles. The fourth-order valence-corrected chi connectivity index (χ4v) is 2.42. The van der Waals surface area contributed by atoms with Crippen molar-refractivity contribution in [2.24, 2.45) is 5.73 Å². The lowest BCUT2D eigenvalue weighted by molar-refractivity contribution is -0.117. The zero-order valence-electron chi connectivity index (χ0n) is 14.9. The standard InChI is InChI=1S/C14H13N5O2.C6H5Cl/c15-7-9-3-1-2-4-10(9)13-11(8-18-19-13)14(21)17-6-5-12(16)20;7-6-4-2-1-3-5-6/h1-4,8H,5-6H2,(H2,16,20)(H,17,21)(H,18,19);1-5H. The molecule has 28 heavy (non-hydrogen) atoms. The van der Waals surface area contributed by atoms with Crippen LogP contribution < -0.4 is 11.1 Å². The number of aromatic nitrogens is 2. The Labute approximate surface area is 167 Å². The third-order valence-corrected chi connectivity index (χ3v) is 3.84. The average Bonchev–Trinajstić information content (AvgIpc) is 3.18. The molecule has 0 fully saturated rings. The van der Waals surface area contributed by atoms with E-state index in [1.807, 2.05) is 30.3 Å². The van der Waals surface area contributed by atoms with E-state index in [0.717, 1.165) is 5.02 Å². The third kappa shape index (κ3) is 5.97. The van der Waals surface area contributed by atoms with Crippen LogP contribution in [0, 0.1) is 11.3 Å². The van der Waals surface area contributed by atoms with E-state index in [-0.39, 0.29) is 18.9 Å². The van der Waals surface area contributed by atoms with Gasteiger partial charge in [0.25, 0.3) is 5.91 Å². The van der Waals surface area contributed by atoms with Gasteiger partial charge >= 0.3 is 0 Å². The molecule has 0 unspecified atom stereocenters. The summed E-state index contributed by atoms with van der Waals surface area (Å²) in [7, 11) is 0. The molecule has 7 nitrogen and oxygen atoms in total. The Morgan fingerprint density at radius 2 is 1.82 bits per heavy atom. The first-order chi connectivity index (χ1) is 13.5. The van der Waals surface area contributed by atoms with Crippen molar-refractivity contribution in [3.8, 4) is 17.3 Å². The van der Waals surface area contributed by atoms with E-state index in [0.29, 0.717) is 22.4 Å². The minimum Gasteiger partial charge on any atom is -0.370 e. The van der Waals surface area contributed by atoms with Crippen LogP contribution in [0.3, 0.4) is 0 Å². The molecule has 3 rings (SSSR count). The number of halogens is 1.